The number of aromatic nitrogens is 1. The standard InChI is InChI=1S/C16H17Cl2N3O3S/c1-3-21(4-2)25(23,24)13-7-5-6-12(9-13)20-16(22)11-8-14(17)15(18)19-10-11/h5-10H,3-4H2,1-2H3,(H,20,22). The zero-order valence-corrected chi connectivity index (χ0v) is 16.0. The number of amides is 1. The molecule has 0 bridgehead atoms. The Morgan fingerprint density at radius 2 is 1.88 bits per heavy atom. The molecule has 1 aromatic carbocycles. The summed E-state index contributed by atoms with van der Waals surface area (Å²) in [6.45, 7) is 4.27. The van der Waals surface area contributed by atoms with Crippen molar-refractivity contribution in [1.29, 1.82) is 0 Å². The van der Waals surface area contributed by atoms with Crippen LogP contribution in [0, 0.1) is 0 Å². The van der Waals surface area contributed by atoms with Crippen LogP contribution in [0.4, 0.5) is 5.69 Å². The van der Waals surface area contributed by atoms with Gasteiger partial charge in [-0.15, -0.1) is 0 Å². The lowest BCUT2D eigenvalue weighted by molar-refractivity contribution is 0.102. The molecule has 0 aliphatic heterocycles. The number of nitrogens with zero attached hydrogens (tertiary/aromatic N) is 2. The zero-order chi connectivity index (χ0) is 18.6. The summed E-state index contributed by atoms with van der Waals surface area (Å²) in [4.78, 5) is 16.2. The fourth-order valence-electron chi connectivity index (χ4n) is 2.20. The largest absolute Gasteiger partial charge is 0.322 e. The molecule has 0 atom stereocenters. The number of sulfonamides is 1. The van der Waals surface area contributed by atoms with E-state index in [2.05, 4.69) is 10.3 Å². The summed E-state index contributed by atoms with van der Waals surface area (Å²) >= 11 is 11.6. The van der Waals surface area contributed by atoms with Gasteiger partial charge in [-0.05, 0) is 24.3 Å². The second-order valence-electron chi connectivity index (χ2n) is 5.07. The molecule has 1 N–H and O–H groups in total. The Balaban J connectivity index is 2.27. The van der Waals surface area contributed by atoms with Gasteiger partial charge in [0.25, 0.3) is 5.91 Å². The van der Waals surface area contributed by atoms with Gasteiger partial charge in [-0.1, -0.05) is 43.1 Å². The van der Waals surface area contributed by atoms with E-state index in [1.54, 1.807) is 26.0 Å². The monoisotopic (exact) mass is 401 g/mol. The van der Waals surface area contributed by atoms with Gasteiger partial charge in [-0.25, -0.2) is 13.4 Å². The minimum atomic E-state index is -3.61. The van der Waals surface area contributed by atoms with E-state index in [1.165, 1.54) is 28.7 Å². The number of pyridine rings is 1. The molecular formula is C16H17Cl2N3O3S. The van der Waals surface area contributed by atoms with Gasteiger partial charge in [0.2, 0.25) is 10.0 Å². The van der Waals surface area contributed by atoms with Crippen molar-refractivity contribution in [3.8, 4) is 0 Å². The summed E-state index contributed by atoms with van der Waals surface area (Å²) in [6.07, 6.45) is 1.29. The minimum absolute atomic E-state index is 0.102. The van der Waals surface area contributed by atoms with Crippen LogP contribution in [0.2, 0.25) is 10.2 Å². The van der Waals surface area contributed by atoms with E-state index in [1.807, 2.05) is 0 Å². The average Bonchev–Trinajstić information content (AvgIpc) is 2.58. The summed E-state index contributed by atoms with van der Waals surface area (Å²) < 4.78 is 26.5. The summed E-state index contributed by atoms with van der Waals surface area (Å²) in [5.74, 6) is -0.469. The second kappa shape index (κ2) is 8.14. The molecule has 25 heavy (non-hydrogen) atoms. The van der Waals surface area contributed by atoms with Gasteiger partial charge in [0, 0.05) is 25.0 Å². The molecular weight excluding hydrogens is 385 g/mol. The van der Waals surface area contributed by atoms with E-state index in [0.717, 1.165) is 0 Å². The van der Waals surface area contributed by atoms with Gasteiger partial charge >= 0.3 is 0 Å². The van der Waals surface area contributed by atoms with Crippen molar-refractivity contribution in [2.75, 3.05) is 18.4 Å². The maximum absolute atomic E-state index is 12.6. The van der Waals surface area contributed by atoms with Crippen LogP contribution in [-0.2, 0) is 10.0 Å². The summed E-state index contributed by atoms with van der Waals surface area (Å²) in [7, 11) is -3.61. The highest BCUT2D eigenvalue weighted by molar-refractivity contribution is 7.89. The van der Waals surface area contributed by atoms with Gasteiger partial charge in [0.1, 0.15) is 5.15 Å². The number of carbonyl (C=O) groups excluding carboxylic acids is 1. The lowest BCUT2D eigenvalue weighted by Gasteiger charge is -2.18. The molecule has 0 aliphatic rings. The number of anilines is 1. The van der Waals surface area contributed by atoms with Gasteiger partial charge < -0.3 is 5.32 Å². The van der Waals surface area contributed by atoms with Crippen molar-refractivity contribution < 1.29 is 13.2 Å². The quantitative estimate of drug-likeness (QED) is 0.748. The molecule has 2 aromatic rings. The molecule has 1 heterocycles. The predicted molar refractivity (Wildman–Crippen MR) is 98.8 cm³/mol. The first kappa shape index (κ1) is 19.7. The molecule has 0 fully saturated rings. The lowest BCUT2D eigenvalue weighted by Crippen LogP contribution is -2.30. The number of halogens is 2. The van der Waals surface area contributed by atoms with Crippen LogP contribution in [0.25, 0.3) is 0 Å². The van der Waals surface area contributed by atoms with E-state index in [-0.39, 0.29) is 20.6 Å². The van der Waals surface area contributed by atoms with Crippen molar-refractivity contribution in [3.63, 3.8) is 0 Å². The Morgan fingerprint density at radius 3 is 2.48 bits per heavy atom. The van der Waals surface area contributed by atoms with Crippen LogP contribution in [0.3, 0.4) is 0 Å². The highest BCUT2D eigenvalue weighted by atomic mass is 35.5. The van der Waals surface area contributed by atoms with Crippen LogP contribution in [0.5, 0.6) is 0 Å². The Kier molecular flexibility index (Phi) is 6.40. The Bertz CT molecular complexity index is 884. The number of hydrogen-bond acceptors (Lipinski definition) is 4. The number of carbonyl (C=O) groups is 1. The van der Waals surface area contributed by atoms with Gasteiger partial charge in [0.15, 0.2) is 0 Å². The number of benzene rings is 1. The van der Waals surface area contributed by atoms with Crippen LogP contribution in [-0.4, -0.2) is 36.7 Å². The van der Waals surface area contributed by atoms with Gasteiger partial charge in [-0.3, -0.25) is 4.79 Å². The van der Waals surface area contributed by atoms with Crippen molar-refractivity contribution in [1.82, 2.24) is 9.29 Å². The molecule has 9 heteroatoms. The van der Waals surface area contributed by atoms with Crippen LogP contribution < -0.4 is 5.32 Å². The van der Waals surface area contributed by atoms with Crippen LogP contribution in [0.15, 0.2) is 41.4 Å². The van der Waals surface area contributed by atoms with E-state index in [0.29, 0.717) is 18.8 Å². The maximum atomic E-state index is 12.6. The Hall–Kier alpha value is -1.67. The van der Waals surface area contributed by atoms with Gasteiger partial charge in [-0.2, -0.15) is 4.31 Å². The SMILES string of the molecule is CCN(CC)S(=O)(=O)c1cccc(NC(=O)c2cnc(Cl)c(Cl)c2)c1. The average molecular weight is 402 g/mol. The van der Waals surface area contributed by atoms with Crippen molar-refractivity contribution >= 4 is 44.8 Å². The van der Waals surface area contributed by atoms with E-state index < -0.39 is 15.9 Å². The fourth-order valence-corrected chi connectivity index (χ4v) is 3.97. The summed E-state index contributed by atoms with van der Waals surface area (Å²) in [6, 6.07) is 7.46. The molecule has 0 saturated heterocycles. The molecule has 0 spiro atoms. The summed E-state index contributed by atoms with van der Waals surface area (Å²) in [5.41, 5.74) is 0.565. The van der Waals surface area contributed by atoms with Gasteiger partial charge in [0.05, 0.1) is 15.5 Å². The molecule has 0 unspecified atom stereocenters. The molecule has 0 radical (unpaired) electrons. The first-order valence-electron chi connectivity index (χ1n) is 7.52. The van der Waals surface area contributed by atoms with Crippen LogP contribution in [0.1, 0.15) is 24.2 Å². The maximum Gasteiger partial charge on any atom is 0.257 e. The topological polar surface area (TPSA) is 79.4 Å². The highest BCUT2D eigenvalue weighted by Crippen LogP contribution is 2.22. The third kappa shape index (κ3) is 4.49. The van der Waals surface area contributed by atoms with Crippen LogP contribution >= 0.6 is 23.2 Å². The molecule has 1 aromatic heterocycles. The van der Waals surface area contributed by atoms with Crippen molar-refractivity contribution in [2.24, 2.45) is 0 Å². The zero-order valence-electron chi connectivity index (χ0n) is 13.7. The minimum Gasteiger partial charge on any atom is -0.322 e. The molecule has 1 amide bonds. The fraction of sp³-hybridized carbons (Fsp3) is 0.250. The molecule has 6 nitrogen and oxygen atoms in total. The molecule has 134 valence electrons. The van der Waals surface area contributed by atoms with E-state index in [4.69, 9.17) is 23.2 Å². The third-order valence-corrected chi connectivity index (χ3v) is 6.23. The molecule has 0 saturated carbocycles. The molecule has 2 rings (SSSR count). The first-order valence-corrected chi connectivity index (χ1v) is 9.71. The molecule has 0 aliphatic carbocycles. The second-order valence-corrected chi connectivity index (χ2v) is 7.77. The normalized spacial score (nSPS) is 11.6. The highest BCUT2D eigenvalue weighted by Gasteiger charge is 2.22. The van der Waals surface area contributed by atoms with E-state index >= 15 is 0 Å². The van der Waals surface area contributed by atoms with Crippen molar-refractivity contribution in [2.45, 2.75) is 18.7 Å². The Labute approximate surface area is 156 Å². The summed E-state index contributed by atoms with van der Waals surface area (Å²) in [5, 5.41) is 2.89. The Morgan fingerprint density at radius 1 is 1.20 bits per heavy atom. The van der Waals surface area contributed by atoms with Crippen molar-refractivity contribution in [3.05, 3.63) is 52.3 Å². The third-order valence-electron chi connectivity index (χ3n) is 3.49. The number of rotatable bonds is 6. The number of nitrogens with one attached hydrogen (secondary N) is 1. The van der Waals surface area contributed by atoms with E-state index in [9.17, 15) is 13.2 Å². The first-order chi connectivity index (χ1) is 11.8. The lowest BCUT2D eigenvalue weighted by atomic mass is 10.2. The predicted octanol–water partition coefficient (Wildman–Crippen LogP) is 3.67. The number of hydrogen-bond donors (Lipinski definition) is 1. The smallest absolute Gasteiger partial charge is 0.257 e.